The van der Waals surface area contributed by atoms with Gasteiger partial charge in [-0.25, -0.2) is 4.98 Å². The molecule has 0 radical (unpaired) electrons. The molecule has 4 aromatic rings. The van der Waals surface area contributed by atoms with Crippen LogP contribution in [0.15, 0.2) is 55.1 Å². The Morgan fingerprint density at radius 2 is 1.92 bits per heavy atom. The van der Waals surface area contributed by atoms with Gasteiger partial charge in [0.15, 0.2) is 5.13 Å². The summed E-state index contributed by atoms with van der Waals surface area (Å²) < 4.78 is 6.35. The largest absolute Gasteiger partial charge is 0.495 e. The number of aromatic nitrogens is 3. The van der Waals surface area contributed by atoms with Crippen LogP contribution in [0.1, 0.15) is 0 Å². The number of hydrogen-bond acceptors (Lipinski definition) is 6. The fourth-order valence-electron chi connectivity index (χ4n) is 2.72. The van der Waals surface area contributed by atoms with Crippen LogP contribution in [0.2, 0.25) is 0 Å². The number of methoxy groups -OCH3 is 1. The minimum atomic E-state index is 0.552. The Morgan fingerprint density at radius 1 is 1.04 bits per heavy atom. The highest BCUT2D eigenvalue weighted by Crippen LogP contribution is 2.41. The predicted molar refractivity (Wildman–Crippen MR) is 97.0 cm³/mol. The van der Waals surface area contributed by atoms with Crippen molar-refractivity contribution in [1.29, 1.82) is 0 Å². The number of nitrogen functional groups attached to an aromatic ring is 1. The molecule has 0 saturated carbocycles. The third-order valence-electron chi connectivity index (χ3n) is 3.78. The van der Waals surface area contributed by atoms with Gasteiger partial charge in [-0.3, -0.25) is 9.97 Å². The second-order valence-electron chi connectivity index (χ2n) is 5.24. The van der Waals surface area contributed by atoms with Crippen molar-refractivity contribution in [3.8, 4) is 28.0 Å². The highest BCUT2D eigenvalue weighted by atomic mass is 32.1. The maximum absolute atomic E-state index is 5.93. The van der Waals surface area contributed by atoms with E-state index in [1.54, 1.807) is 19.5 Å². The molecule has 0 saturated heterocycles. The molecule has 1 aromatic carbocycles. The zero-order valence-electron chi connectivity index (χ0n) is 12.9. The van der Waals surface area contributed by atoms with Gasteiger partial charge in [0.2, 0.25) is 0 Å². The Hall–Kier alpha value is -2.99. The minimum Gasteiger partial charge on any atom is -0.495 e. The molecule has 0 aliphatic rings. The van der Waals surface area contributed by atoms with Crippen molar-refractivity contribution < 1.29 is 4.74 Å². The van der Waals surface area contributed by atoms with Crippen LogP contribution in [0, 0.1) is 0 Å². The molecule has 3 heterocycles. The van der Waals surface area contributed by atoms with Crippen molar-refractivity contribution in [3.63, 3.8) is 0 Å². The smallest absolute Gasteiger partial charge is 0.181 e. The molecule has 2 N–H and O–H groups in total. The molecular weight excluding hydrogens is 320 g/mol. The monoisotopic (exact) mass is 334 g/mol. The number of rotatable bonds is 3. The van der Waals surface area contributed by atoms with E-state index in [2.05, 4.69) is 15.0 Å². The Morgan fingerprint density at radius 3 is 2.71 bits per heavy atom. The van der Waals surface area contributed by atoms with E-state index in [1.165, 1.54) is 11.3 Å². The van der Waals surface area contributed by atoms with E-state index in [4.69, 9.17) is 10.5 Å². The summed E-state index contributed by atoms with van der Waals surface area (Å²) in [5.74, 6) is 0.716. The van der Waals surface area contributed by atoms with E-state index in [1.807, 2.05) is 42.7 Å². The van der Waals surface area contributed by atoms with E-state index in [0.717, 1.165) is 32.5 Å². The van der Waals surface area contributed by atoms with Crippen LogP contribution in [-0.2, 0) is 0 Å². The number of nitrogens with two attached hydrogens (primary N) is 1. The number of nitrogens with zero attached hydrogens (tertiary/aromatic N) is 3. The highest BCUT2D eigenvalue weighted by Gasteiger charge is 2.15. The number of benzene rings is 1. The van der Waals surface area contributed by atoms with Crippen molar-refractivity contribution in [2.45, 2.75) is 0 Å². The number of ether oxygens (including phenoxy) is 1. The van der Waals surface area contributed by atoms with Gasteiger partial charge < -0.3 is 10.5 Å². The third-order valence-corrected chi connectivity index (χ3v) is 4.70. The summed E-state index contributed by atoms with van der Waals surface area (Å²) in [5.41, 5.74) is 10.9. The maximum Gasteiger partial charge on any atom is 0.181 e. The van der Waals surface area contributed by atoms with Crippen molar-refractivity contribution in [2.24, 2.45) is 0 Å². The van der Waals surface area contributed by atoms with Crippen LogP contribution in [0.4, 0.5) is 5.13 Å². The SMILES string of the molecule is COc1cncc(-c2ccc3nc(N)sc3c2-c2cccnc2)c1. The predicted octanol–water partition coefficient (Wildman–Crippen LogP) is 4.01. The molecule has 3 aromatic heterocycles. The fraction of sp³-hybridized carbons (Fsp3) is 0.0556. The molecule has 0 spiro atoms. The average Bonchev–Trinajstić information content (AvgIpc) is 3.01. The van der Waals surface area contributed by atoms with Crippen molar-refractivity contribution in [2.75, 3.05) is 12.8 Å². The second kappa shape index (κ2) is 5.90. The number of thiazole rings is 1. The quantitative estimate of drug-likeness (QED) is 0.613. The lowest BCUT2D eigenvalue weighted by atomic mass is 9.96. The van der Waals surface area contributed by atoms with Crippen molar-refractivity contribution in [3.05, 3.63) is 55.1 Å². The lowest BCUT2D eigenvalue weighted by molar-refractivity contribution is 0.413. The number of pyridine rings is 2. The maximum atomic E-state index is 5.93. The standard InChI is InChI=1S/C18H14N4OS/c1-23-13-7-12(9-21-10-13)14-4-5-15-17(24-18(19)22-15)16(14)11-3-2-6-20-8-11/h2-10H,1H3,(H2,19,22). The molecule has 118 valence electrons. The first-order chi connectivity index (χ1) is 11.8. The first-order valence-electron chi connectivity index (χ1n) is 7.35. The van der Waals surface area contributed by atoms with Gasteiger partial charge in [0.05, 0.1) is 23.5 Å². The van der Waals surface area contributed by atoms with E-state index >= 15 is 0 Å². The van der Waals surface area contributed by atoms with E-state index in [-0.39, 0.29) is 0 Å². The normalized spacial score (nSPS) is 10.9. The lowest BCUT2D eigenvalue weighted by Crippen LogP contribution is -1.90. The Bertz CT molecular complexity index is 1010. The lowest BCUT2D eigenvalue weighted by Gasteiger charge is -2.11. The Balaban J connectivity index is 2.04. The topological polar surface area (TPSA) is 73.9 Å². The summed E-state index contributed by atoms with van der Waals surface area (Å²) in [6.45, 7) is 0. The summed E-state index contributed by atoms with van der Waals surface area (Å²) in [5, 5.41) is 0.552. The van der Waals surface area contributed by atoms with E-state index < -0.39 is 0 Å². The molecular formula is C18H14N4OS. The van der Waals surface area contributed by atoms with Crippen molar-refractivity contribution in [1.82, 2.24) is 15.0 Å². The zero-order valence-corrected chi connectivity index (χ0v) is 13.7. The highest BCUT2D eigenvalue weighted by molar-refractivity contribution is 7.22. The number of anilines is 1. The summed E-state index contributed by atoms with van der Waals surface area (Å²) in [6, 6.07) is 9.95. The molecule has 0 aliphatic carbocycles. The summed E-state index contributed by atoms with van der Waals surface area (Å²) >= 11 is 1.48. The van der Waals surface area contributed by atoms with E-state index in [9.17, 15) is 0 Å². The molecule has 0 fully saturated rings. The van der Waals surface area contributed by atoms with Gasteiger partial charge >= 0.3 is 0 Å². The van der Waals surface area contributed by atoms with Gasteiger partial charge in [-0.2, -0.15) is 0 Å². The molecule has 5 nitrogen and oxygen atoms in total. The molecule has 0 bridgehead atoms. The third kappa shape index (κ3) is 2.47. The Kier molecular flexibility index (Phi) is 3.59. The number of fused-ring (bicyclic) bond motifs is 1. The van der Waals surface area contributed by atoms with Crippen molar-refractivity contribution >= 4 is 26.7 Å². The zero-order chi connectivity index (χ0) is 16.5. The molecule has 4 rings (SSSR count). The summed E-state index contributed by atoms with van der Waals surface area (Å²) in [7, 11) is 1.63. The molecule has 0 amide bonds. The van der Waals surface area contributed by atoms with Crippen LogP contribution in [0.5, 0.6) is 5.75 Å². The van der Waals surface area contributed by atoms with Gasteiger partial charge in [0.1, 0.15) is 5.75 Å². The second-order valence-corrected chi connectivity index (χ2v) is 6.27. The first kappa shape index (κ1) is 14.6. The molecule has 24 heavy (non-hydrogen) atoms. The molecule has 0 unspecified atom stereocenters. The van der Waals surface area contributed by atoms with Gasteiger partial charge in [0.25, 0.3) is 0 Å². The van der Waals surface area contributed by atoms with Gasteiger partial charge in [-0.1, -0.05) is 23.5 Å². The van der Waals surface area contributed by atoms with Crippen LogP contribution < -0.4 is 10.5 Å². The van der Waals surface area contributed by atoms with Crippen LogP contribution >= 0.6 is 11.3 Å². The van der Waals surface area contributed by atoms with E-state index in [0.29, 0.717) is 10.9 Å². The van der Waals surface area contributed by atoms with Gasteiger partial charge in [-0.15, -0.1) is 0 Å². The van der Waals surface area contributed by atoms with Crippen LogP contribution in [-0.4, -0.2) is 22.1 Å². The minimum absolute atomic E-state index is 0.552. The summed E-state index contributed by atoms with van der Waals surface area (Å²) in [4.78, 5) is 12.9. The Labute approximate surface area is 142 Å². The first-order valence-corrected chi connectivity index (χ1v) is 8.17. The number of hydrogen-bond donors (Lipinski definition) is 1. The van der Waals surface area contributed by atoms with Gasteiger partial charge in [-0.05, 0) is 23.8 Å². The average molecular weight is 334 g/mol. The molecule has 0 aliphatic heterocycles. The fourth-order valence-corrected chi connectivity index (χ4v) is 3.63. The van der Waals surface area contributed by atoms with Gasteiger partial charge in [0, 0.05) is 35.3 Å². The molecule has 0 atom stereocenters. The molecule has 6 heteroatoms. The van der Waals surface area contributed by atoms with Crippen LogP contribution in [0.3, 0.4) is 0 Å². The summed E-state index contributed by atoms with van der Waals surface area (Å²) in [6.07, 6.45) is 7.13. The van der Waals surface area contributed by atoms with Crippen LogP contribution in [0.25, 0.3) is 32.5 Å².